The number of H-pyrrole nitrogens is 2. The van der Waals surface area contributed by atoms with Crippen molar-refractivity contribution < 1.29 is 4.39 Å². The number of rotatable bonds is 6. The third-order valence-electron chi connectivity index (χ3n) is 6.34. The molecule has 0 unspecified atom stereocenters. The summed E-state index contributed by atoms with van der Waals surface area (Å²) in [5.41, 5.74) is 8.10. The van der Waals surface area contributed by atoms with Crippen LogP contribution in [-0.2, 0) is 0 Å². The topological polar surface area (TPSA) is 95.2 Å². The monoisotopic (exact) mass is 489 g/mol. The van der Waals surface area contributed by atoms with Crippen LogP contribution in [0, 0.1) is 11.7 Å². The maximum atomic E-state index is 14.6. The van der Waals surface area contributed by atoms with Crippen LogP contribution in [0.15, 0.2) is 85.3 Å². The Morgan fingerprint density at radius 3 is 2.59 bits per heavy atom. The van der Waals surface area contributed by atoms with E-state index in [1.54, 1.807) is 24.5 Å². The Labute approximate surface area is 212 Å². The van der Waals surface area contributed by atoms with Crippen LogP contribution in [0.2, 0.25) is 0 Å². The van der Waals surface area contributed by atoms with Gasteiger partial charge in [0.15, 0.2) is 11.5 Å². The van der Waals surface area contributed by atoms with Gasteiger partial charge in [-0.15, -0.1) is 0 Å². The van der Waals surface area contributed by atoms with Crippen molar-refractivity contribution in [2.75, 3.05) is 5.32 Å². The van der Waals surface area contributed by atoms with Gasteiger partial charge in [-0.05, 0) is 36.2 Å². The van der Waals surface area contributed by atoms with Crippen LogP contribution in [0.1, 0.15) is 13.8 Å². The van der Waals surface area contributed by atoms with Crippen LogP contribution in [-0.4, -0.2) is 30.1 Å². The number of aromatic nitrogens is 6. The van der Waals surface area contributed by atoms with Crippen molar-refractivity contribution in [3.63, 3.8) is 0 Å². The molecule has 8 heteroatoms. The number of fused-ring (bicyclic) bond motifs is 2. The van der Waals surface area contributed by atoms with Crippen molar-refractivity contribution in [2.24, 2.45) is 5.92 Å². The molecule has 182 valence electrons. The van der Waals surface area contributed by atoms with Gasteiger partial charge in [0.1, 0.15) is 11.3 Å². The molecule has 6 aromatic rings. The summed E-state index contributed by atoms with van der Waals surface area (Å²) in [6.07, 6.45) is 3.54. The summed E-state index contributed by atoms with van der Waals surface area (Å²) in [5, 5.41) is 10.9. The zero-order valence-electron chi connectivity index (χ0n) is 20.4. The summed E-state index contributed by atoms with van der Waals surface area (Å²) in [7, 11) is 0. The van der Waals surface area contributed by atoms with Gasteiger partial charge in [0, 0.05) is 28.6 Å². The summed E-state index contributed by atoms with van der Waals surface area (Å²) < 4.78 is 14.6. The summed E-state index contributed by atoms with van der Waals surface area (Å²) in [6.45, 7) is 8.25. The van der Waals surface area contributed by atoms with Crippen molar-refractivity contribution >= 4 is 27.8 Å². The van der Waals surface area contributed by atoms with Gasteiger partial charge in [-0.1, -0.05) is 50.8 Å². The number of aromatic amines is 2. The number of imidazole rings is 1. The van der Waals surface area contributed by atoms with Crippen LogP contribution < -0.4 is 5.32 Å². The van der Waals surface area contributed by atoms with Gasteiger partial charge in [-0.2, -0.15) is 5.10 Å². The lowest BCUT2D eigenvalue weighted by atomic mass is 10.0. The van der Waals surface area contributed by atoms with E-state index in [9.17, 15) is 4.39 Å². The summed E-state index contributed by atoms with van der Waals surface area (Å²) in [4.78, 5) is 17.4. The molecular weight excluding hydrogens is 465 g/mol. The molecule has 2 aromatic carbocycles. The molecular formula is C29H24FN7. The van der Waals surface area contributed by atoms with Crippen molar-refractivity contribution in [3.8, 4) is 33.9 Å². The fourth-order valence-corrected chi connectivity index (χ4v) is 4.24. The second-order valence-electron chi connectivity index (χ2n) is 9.20. The quantitative estimate of drug-likeness (QED) is 0.235. The zero-order chi connectivity index (χ0) is 25.5. The molecule has 4 heterocycles. The van der Waals surface area contributed by atoms with Crippen LogP contribution in [0.3, 0.4) is 0 Å². The van der Waals surface area contributed by atoms with E-state index in [0.717, 1.165) is 33.7 Å². The van der Waals surface area contributed by atoms with Crippen molar-refractivity contribution in [2.45, 2.75) is 13.8 Å². The molecule has 0 amide bonds. The highest BCUT2D eigenvalue weighted by Gasteiger charge is 2.18. The lowest BCUT2D eigenvalue weighted by Crippen LogP contribution is -2.04. The van der Waals surface area contributed by atoms with E-state index in [-0.39, 0.29) is 5.82 Å². The van der Waals surface area contributed by atoms with E-state index in [2.05, 4.69) is 45.9 Å². The number of hydrogen-bond donors (Lipinski definition) is 3. The van der Waals surface area contributed by atoms with Gasteiger partial charge in [0.05, 0.1) is 34.1 Å². The highest BCUT2D eigenvalue weighted by Crippen LogP contribution is 2.33. The highest BCUT2D eigenvalue weighted by molar-refractivity contribution is 5.96. The van der Waals surface area contributed by atoms with Gasteiger partial charge in [-0.25, -0.2) is 14.4 Å². The molecule has 0 saturated carbocycles. The van der Waals surface area contributed by atoms with Gasteiger partial charge >= 0.3 is 0 Å². The molecule has 7 nitrogen and oxygen atoms in total. The lowest BCUT2D eigenvalue weighted by Gasteiger charge is -2.13. The predicted octanol–water partition coefficient (Wildman–Crippen LogP) is 6.95. The van der Waals surface area contributed by atoms with Crippen molar-refractivity contribution in [3.05, 3.63) is 91.2 Å². The van der Waals surface area contributed by atoms with Crippen molar-refractivity contribution in [1.82, 2.24) is 30.1 Å². The molecule has 0 spiro atoms. The Hall–Kier alpha value is -4.85. The number of halogens is 1. The molecule has 0 saturated heterocycles. The SMILES string of the molecule is C=C(Nc1cncc(-c2ccc3[nH]nc(-c4nc5c(-c6ccccc6F)cccc5[nH]4)c3n2)c1)C(C)C. The number of nitrogens with zero attached hydrogens (tertiary/aromatic N) is 4. The molecule has 0 aliphatic carbocycles. The number of pyridine rings is 2. The standard InChI is InChI=1S/C29H24FN7/c1-16(2)17(3)32-19-13-18(14-31-15-19)23-11-12-25-27(33-23)28(37-36-25)29-34-24-10-6-8-21(26(24)35-29)20-7-4-5-9-22(20)30/h4-16,32H,3H2,1-2H3,(H,34,35)(H,36,37). The summed E-state index contributed by atoms with van der Waals surface area (Å²) >= 11 is 0. The third-order valence-corrected chi connectivity index (χ3v) is 6.34. The molecule has 6 rings (SSSR count). The first-order valence-electron chi connectivity index (χ1n) is 12.0. The van der Waals surface area contributed by atoms with Crippen LogP contribution in [0.5, 0.6) is 0 Å². The van der Waals surface area contributed by atoms with E-state index < -0.39 is 0 Å². The van der Waals surface area contributed by atoms with E-state index in [0.29, 0.717) is 39.6 Å². The normalized spacial score (nSPS) is 11.5. The Bertz CT molecular complexity index is 1780. The van der Waals surface area contributed by atoms with E-state index >= 15 is 0 Å². The zero-order valence-corrected chi connectivity index (χ0v) is 20.4. The van der Waals surface area contributed by atoms with Crippen molar-refractivity contribution in [1.29, 1.82) is 0 Å². The van der Waals surface area contributed by atoms with E-state index in [1.807, 2.05) is 42.5 Å². The molecule has 4 aromatic heterocycles. The average Bonchev–Trinajstić information content (AvgIpc) is 3.53. The summed E-state index contributed by atoms with van der Waals surface area (Å²) in [5.74, 6) is 0.559. The Morgan fingerprint density at radius 1 is 0.919 bits per heavy atom. The maximum Gasteiger partial charge on any atom is 0.161 e. The number of benzene rings is 2. The van der Waals surface area contributed by atoms with Crippen LogP contribution in [0.4, 0.5) is 10.1 Å². The van der Waals surface area contributed by atoms with Gasteiger partial charge < -0.3 is 10.3 Å². The maximum absolute atomic E-state index is 14.6. The summed E-state index contributed by atoms with van der Waals surface area (Å²) in [6, 6.07) is 18.2. The predicted molar refractivity (Wildman–Crippen MR) is 145 cm³/mol. The second-order valence-corrected chi connectivity index (χ2v) is 9.20. The van der Waals surface area contributed by atoms with Crippen LogP contribution >= 0.6 is 0 Å². The number of para-hydroxylation sites is 1. The molecule has 3 N–H and O–H groups in total. The molecule has 0 aliphatic heterocycles. The minimum Gasteiger partial charge on any atom is -0.358 e. The average molecular weight is 490 g/mol. The minimum atomic E-state index is -0.293. The Morgan fingerprint density at radius 2 is 1.76 bits per heavy atom. The molecule has 0 fully saturated rings. The highest BCUT2D eigenvalue weighted by atomic mass is 19.1. The molecule has 0 aliphatic rings. The largest absolute Gasteiger partial charge is 0.358 e. The molecule has 37 heavy (non-hydrogen) atoms. The van der Waals surface area contributed by atoms with Gasteiger partial charge in [0.2, 0.25) is 0 Å². The lowest BCUT2D eigenvalue weighted by molar-refractivity contribution is 0.631. The van der Waals surface area contributed by atoms with Crippen LogP contribution in [0.25, 0.3) is 56.0 Å². The van der Waals surface area contributed by atoms with E-state index in [1.165, 1.54) is 6.07 Å². The Balaban J connectivity index is 1.42. The van der Waals surface area contributed by atoms with Gasteiger partial charge in [-0.3, -0.25) is 10.1 Å². The fourth-order valence-electron chi connectivity index (χ4n) is 4.24. The first-order chi connectivity index (χ1) is 18.0. The number of anilines is 1. The molecule has 0 atom stereocenters. The fraction of sp³-hybridized carbons (Fsp3) is 0.103. The number of hydrogen-bond acceptors (Lipinski definition) is 5. The second kappa shape index (κ2) is 8.98. The first-order valence-corrected chi connectivity index (χ1v) is 12.0. The smallest absolute Gasteiger partial charge is 0.161 e. The molecule has 0 bridgehead atoms. The molecule has 0 radical (unpaired) electrons. The number of nitrogens with one attached hydrogen (secondary N) is 3. The Kier molecular flexibility index (Phi) is 5.49. The van der Waals surface area contributed by atoms with Gasteiger partial charge in [0.25, 0.3) is 0 Å². The minimum absolute atomic E-state index is 0.293. The third kappa shape index (κ3) is 4.12. The van der Waals surface area contributed by atoms with E-state index in [4.69, 9.17) is 9.97 Å². The first kappa shape index (κ1) is 22.6. The number of allylic oxidation sites excluding steroid dienone is 1.